The van der Waals surface area contributed by atoms with E-state index < -0.39 is 12.0 Å². The molecule has 0 aliphatic carbocycles. The molecule has 0 aliphatic heterocycles. The fraction of sp³-hybridized carbons (Fsp3) is 0.133. The summed E-state index contributed by atoms with van der Waals surface area (Å²) in [6.07, 6.45) is 0.319. The van der Waals surface area contributed by atoms with Gasteiger partial charge < -0.3 is 15.5 Å². The van der Waals surface area contributed by atoms with E-state index in [0.29, 0.717) is 12.1 Å². The van der Waals surface area contributed by atoms with E-state index in [2.05, 4.69) is 37.2 Å². The maximum absolute atomic E-state index is 11.4. The van der Waals surface area contributed by atoms with E-state index in [0.717, 1.165) is 14.5 Å². The molecule has 4 nitrogen and oxygen atoms in total. The minimum absolute atomic E-state index is 0.162. The molecule has 1 atom stereocenters. The lowest BCUT2D eigenvalue weighted by Crippen LogP contribution is -2.31. The molecule has 2 aromatic carbocycles. The molecule has 0 saturated heterocycles. The van der Waals surface area contributed by atoms with Crippen LogP contribution in [0.1, 0.15) is 5.56 Å². The molecule has 0 unspecified atom stereocenters. The van der Waals surface area contributed by atoms with Crippen molar-refractivity contribution < 1.29 is 15.0 Å². The number of carboxylic acid groups (broad SMARTS) is 1. The zero-order chi connectivity index (χ0) is 15.4. The Hall–Kier alpha value is -1.53. The molecule has 2 aromatic rings. The largest absolute Gasteiger partial charge is 0.508 e. The Bertz CT molecular complexity index is 624. The lowest BCUT2D eigenvalue weighted by atomic mass is 10.1. The molecule has 2 rings (SSSR count). The van der Waals surface area contributed by atoms with Gasteiger partial charge in [-0.25, -0.2) is 4.79 Å². The second-order valence-corrected chi connectivity index (χ2v) is 6.40. The maximum atomic E-state index is 11.4. The number of rotatable bonds is 5. The molecule has 0 aliphatic rings. The van der Waals surface area contributed by atoms with E-state index >= 15 is 0 Å². The predicted molar refractivity (Wildman–Crippen MR) is 88.7 cm³/mol. The zero-order valence-corrected chi connectivity index (χ0v) is 14.1. The second-order valence-electron chi connectivity index (χ2n) is 4.56. The van der Waals surface area contributed by atoms with Gasteiger partial charge in [0, 0.05) is 21.1 Å². The van der Waals surface area contributed by atoms with Crippen molar-refractivity contribution in [1.29, 1.82) is 0 Å². The van der Waals surface area contributed by atoms with Gasteiger partial charge in [-0.2, -0.15) is 0 Å². The van der Waals surface area contributed by atoms with E-state index in [1.807, 2.05) is 18.2 Å². The Morgan fingerprint density at radius 2 is 1.67 bits per heavy atom. The summed E-state index contributed by atoms with van der Waals surface area (Å²) in [5.74, 6) is -0.770. The van der Waals surface area contributed by atoms with Gasteiger partial charge >= 0.3 is 5.97 Å². The summed E-state index contributed by atoms with van der Waals surface area (Å²) in [4.78, 5) is 11.4. The third-order valence-electron chi connectivity index (χ3n) is 2.88. The summed E-state index contributed by atoms with van der Waals surface area (Å²) in [5.41, 5.74) is 1.55. The highest BCUT2D eigenvalue weighted by molar-refractivity contribution is 9.11. The molecule has 0 saturated carbocycles. The Labute approximate surface area is 139 Å². The van der Waals surface area contributed by atoms with Gasteiger partial charge in [0.15, 0.2) is 0 Å². The van der Waals surface area contributed by atoms with Crippen LogP contribution in [-0.2, 0) is 11.2 Å². The summed E-state index contributed by atoms with van der Waals surface area (Å²) in [6.45, 7) is 0. The number of carbonyl (C=O) groups is 1. The van der Waals surface area contributed by atoms with Crippen LogP contribution in [0.5, 0.6) is 5.75 Å². The lowest BCUT2D eigenvalue weighted by molar-refractivity contribution is -0.137. The van der Waals surface area contributed by atoms with Crippen LogP contribution in [0.4, 0.5) is 5.69 Å². The maximum Gasteiger partial charge on any atom is 0.326 e. The summed E-state index contributed by atoms with van der Waals surface area (Å²) in [6, 6.07) is 11.3. The number of benzene rings is 2. The summed E-state index contributed by atoms with van der Waals surface area (Å²) >= 11 is 6.74. The monoisotopic (exact) mass is 413 g/mol. The molecule has 0 fully saturated rings. The molecule has 0 aromatic heterocycles. The lowest BCUT2D eigenvalue weighted by Gasteiger charge is -2.16. The number of aliphatic carboxylic acids is 1. The van der Waals surface area contributed by atoms with Gasteiger partial charge in [-0.1, -0.05) is 44.0 Å². The molecule has 0 radical (unpaired) electrons. The Morgan fingerprint density at radius 1 is 1.10 bits per heavy atom. The molecule has 0 spiro atoms. The van der Waals surface area contributed by atoms with Crippen LogP contribution in [0.3, 0.4) is 0 Å². The molecular weight excluding hydrogens is 402 g/mol. The number of carboxylic acids is 1. The highest BCUT2D eigenvalue weighted by atomic mass is 79.9. The molecular formula is C15H13Br2NO3. The van der Waals surface area contributed by atoms with Crippen LogP contribution in [-0.4, -0.2) is 22.2 Å². The Kier molecular flexibility index (Phi) is 5.25. The first-order valence-corrected chi connectivity index (χ1v) is 7.76. The summed E-state index contributed by atoms with van der Waals surface area (Å²) in [7, 11) is 0. The third-order valence-corrected chi connectivity index (χ3v) is 3.79. The molecule has 21 heavy (non-hydrogen) atoms. The van der Waals surface area contributed by atoms with Crippen molar-refractivity contribution in [2.45, 2.75) is 12.5 Å². The van der Waals surface area contributed by atoms with E-state index in [4.69, 9.17) is 0 Å². The average Bonchev–Trinajstić information content (AvgIpc) is 2.39. The van der Waals surface area contributed by atoms with Crippen molar-refractivity contribution in [3.05, 3.63) is 57.0 Å². The molecule has 0 bridgehead atoms. The first kappa shape index (κ1) is 15.9. The number of aromatic hydroxyl groups is 1. The predicted octanol–water partition coefficient (Wildman–Crippen LogP) is 4.03. The van der Waals surface area contributed by atoms with Crippen LogP contribution in [0.15, 0.2) is 51.4 Å². The highest BCUT2D eigenvalue weighted by Gasteiger charge is 2.18. The highest BCUT2D eigenvalue weighted by Crippen LogP contribution is 2.24. The summed E-state index contributed by atoms with van der Waals surface area (Å²) in [5, 5.41) is 21.6. The first-order valence-electron chi connectivity index (χ1n) is 6.17. The van der Waals surface area contributed by atoms with Crippen LogP contribution in [0.2, 0.25) is 0 Å². The van der Waals surface area contributed by atoms with E-state index in [1.54, 1.807) is 24.3 Å². The SMILES string of the molecule is O=C(O)[C@H](Cc1ccc(O)cc1)Nc1cc(Br)cc(Br)c1. The molecule has 0 amide bonds. The van der Waals surface area contributed by atoms with Crippen LogP contribution in [0, 0.1) is 0 Å². The number of hydrogen-bond acceptors (Lipinski definition) is 3. The average molecular weight is 415 g/mol. The van der Waals surface area contributed by atoms with Gasteiger partial charge in [-0.05, 0) is 35.9 Å². The third kappa shape index (κ3) is 4.75. The van der Waals surface area contributed by atoms with Crippen molar-refractivity contribution in [2.24, 2.45) is 0 Å². The van der Waals surface area contributed by atoms with Crippen molar-refractivity contribution in [2.75, 3.05) is 5.32 Å². The van der Waals surface area contributed by atoms with Crippen LogP contribution < -0.4 is 5.32 Å². The fourth-order valence-corrected chi connectivity index (χ4v) is 3.20. The molecule has 3 N–H and O–H groups in total. The van der Waals surface area contributed by atoms with E-state index in [-0.39, 0.29) is 5.75 Å². The van der Waals surface area contributed by atoms with Gasteiger partial charge in [0.2, 0.25) is 0 Å². The fourth-order valence-electron chi connectivity index (χ4n) is 1.91. The van der Waals surface area contributed by atoms with E-state index in [1.165, 1.54) is 0 Å². The smallest absolute Gasteiger partial charge is 0.326 e. The van der Waals surface area contributed by atoms with E-state index in [9.17, 15) is 15.0 Å². The zero-order valence-electron chi connectivity index (χ0n) is 10.9. The van der Waals surface area contributed by atoms with Crippen molar-refractivity contribution >= 4 is 43.5 Å². The second kappa shape index (κ2) is 6.95. The topological polar surface area (TPSA) is 69.6 Å². The minimum atomic E-state index is -0.931. The number of hydrogen-bond donors (Lipinski definition) is 3. The number of anilines is 1. The van der Waals surface area contributed by atoms with Gasteiger partial charge in [0.1, 0.15) is 11.8 Å². The summed E-state index contributed by atoms with van der Waals surface area (Å²) < 4.78 is 1.71. The van der Waals surface area contributed by atoms with Crippen molar-refractivity contribution in [3.8, 4) is 5.75 Å². The number of phenols is 1. The van der Waals surface area contributed by atoms with Crippen molar-refractivity contribution in [3.63, 3.8) is 0 Å². The number of halogens is 2. The Balaban J connectivity index is 2.15. The standard InChI is InChI=1S/C15H13Br2NO3/c16-10-6-11(17)8-12(7-10)18-14(15(20)21)5-9-1-3-13(19)4-2-9/h1-4,6-8,14,18-19H,5H2,(H,20,21)/t14-/m0/s1. The van der Waals surface area contributed by atoms with Gasteiger partial charge in [-0.3, -0.25) is 0 Å². The number of nitrogens with one attached hydrogen (secondary N) is 1. The van der Waals surface area contributed by atoms with Crippen LogP contribution >= 0.6 is 31.9 Å². The quantitative estimate of drug-likeness (QED) is 0.690. The van der Waals surface area contributed by atoms with Crippen LogP contribution in [0.25, 0.3) is 0 Å². The van der Waals surface area contributed by atoms with Gasteiger partial charge in [0.25, 0.3) is 0 Å². The minimum Gasteiger partial charge on any atom is -0.508 e. The normalized spacial score (nSPS) is 11.9. The first-order chi connectivity index (χ1) is 9.94. The van der Waals surface area contributed by atoms with Crippen molar-refractivity contribution in [1.82, 2.24) is 0 Å². The molecule has 6 heteroatoms. The number of phenolic OH excluding ortho intramolecular Hbond substituents is 1. The Morgan fingerprint density at radius 3 is 2.19 bits per heavy atom. The van der Waals surface area contributed by atoms with Gasteiger partial charge in [0.05, 0.1) is 0 Å². The molecule has 110 valence electrons. The molecule has 0 heterocycles. The van der Waals surface area contributed by atoms with Gasteiger partial charge in [-0.15, -0.1) is 0 Å².